The SMILES string of the molecule is Oc1ccc(O)c(-c2c(O)ccc3ccc(Br)cc23)c1Cl. The van der Waals surface area contributed by atoms with Gasteiger partial charge in [0, 0.05) is 10.0 Å². The molecular weight excluding hydrogens is 356 g/mol. The van der Waals surface area contributed by atoms with Gasteiger partial charge in [0.1, 0.15) is 17.2 Å². The fraction of sp³-hybridized carbons (Fsp3) is 0. The first-order valence-electron chi connectivity index (χ1n) is 6.11. The van der Waals surface area contributed by atoms with Gasteiger partial charge in [-0.05, 0) is 41.1 Å². The second-order valence-electron chi connectivity index (χ2n) is 4.62. The maximum absolute atomic E-state index is 10.2. The van der Waals surface area contributed by atoms with Crippen LogP contribution in [0.25, 0.3) is 21.9 Å². The summed E-state index contributed by atoms with van der Waals surface area (Å²) < 4.78 is 0.831. The minimum absolute atomic E-state index is 0.00206. The summed E-state index contributed by atoms with van der Waals surface area (Å²) >= 11 is 9.50. The summed E-state index contributed by atoms with van der Waals surface area (Å²) in [7, 11) is 0. The Balaban J connectivity index is 2.48. The van der Waals surface area contributed by atoms with Crippen molar-refractivity contribution in [2.24, 2.45) is 0 Å². The topological polar surface area (TPSA) is 60.7 Å². The molecule has 0 fully saturated rings. The Morgan fingerprint density at radius 3 is 2.10 bits per heavy atom. The molecule has 3 aromatic rings. The summed E-state index contributed by atoms with van der Waals surface area (Å²) in [5, 5.41) is 31.7. The van der Waals surface area contributed by atoms with Crippen molar-refractivity contribution in [1.29, 1.82) is 0 Å². The minimum atomic E-state index is -0.157. The molecule has 0 aliphatic rings. The van der Waals surface area contributed by atoms with Gasteiger partial charge in [0.25, 0.3) is 0 Å². The van der Waals surface area contributed by atoms with Gasteiger partial charge in [-0.25, -0.2) is 0 Å². The van der Waals surface area contributed by atoms with Gasteiger partial charge in [0.2, 0.25) is 0 Å². The second kappa shape index (κ2) is 5.13. The summed E-state index contributed by atoms with van der Waals surface area (Å²) in [5.74, 6) is -0.292. The molecule has 3 aromatic carbocycles. The molecule has 0 radical (unpaired) electrons. The maximum Gasteiger partial charge on any atom is 0.135 e. The Hall–Kier alpha value is -1.91. The van der Waals surface area contributed by atoms with Crippen LogP contribution in [-0.2, 0) is 0 Å². The van der Waals surface area contributed by atoms with Crippen molar-refractivity contribution in [3.8, 4) is 28.4 Å². The lowest BCUT2D eigenvalue weighted by Crippen LogP contribution is -1.86. The average Bonchev–Trinajstić information content (AvgIpc) is 2.45. The molecule has 0 amide bonds. The molecule has 0 unspecified atom stereocenters. The predicted octanol–water partition coefficient (Wildman–Crippen LogP) is 5.04. The molecule has 0 bridgehead atoms. The van der Waals surface area contributed by atoms with Crippen molar-refractivity contribution in [3.63, 3.8) is 0 Å². The summed E-state index contributed by atoms with van der Waals surface area (Å²) in [6.07, 6.45) is 0. The number of fused-ring (bicyclic) bond motifs is 1. The number of hydrogen-bond donors (Lipinski definition) is 3. The van der Waals surface area contributed by atoms with Crippen molar-refractivity contribution < 1.29 is 15.3 Å². The fourth-order valence-electron chi connectivity index (χ4n) is 2.34. The van der Waals surface area contributed by atoms with Crippen molar-refractivity contribution in [2.45, 2.75) is 0 Å². The van der Waals surface area contributed by atoms with Crippen LogP contribution in [0.1, 0.15) is 0 Å². The van der Waals surface area contributed by atoms with Gasteiger partial charge in [-0.15, -0.1) is 0 Å². The van der Waals surface area contributed by atoms with Crippen molar-refractivity contribution in [3.05, 3.63) is 52.0 Å². The van der Waals surface area contributed by atoms with Crippen molar-refractivity contribution in [2.75, 3.05) is 0 Å². The van der Waals surface area contributed by atoms with Crippen LogP contribution in [0.3, 0.4) is 0 Å². The molecule has 0 atom stereocenters. The Morgan fingerprint density at radius 1 is 0.762 bits per heavy atom. The first kappa shape index (κ1) is 14.0. The van der Waals surface area contributed by atoms with Gasteiger partial charge in [-0.1, -0.05) is 39.7 Å². The summed E-state index contributed by atoms with van der Waals surface area (Å²) in [4.78, 5) is 0. The number of phenolic OH excluding ortho intramolecular Hbond substituents is 3. The van der Waals surface area contributed by atoms with Gasteiger partial charge in [-0.2, -0.15) is 0 Å². The van der Waals surface area contributed by atoms with Crippen molar-refractivity contribution >= 4 is 38.3 Å². The Bertz CT molecular complexity index is 857. The average molecular weight is 366 g/mol. The molecule has 3 rings (SSSR count). The first-order chi connectivity index (χ1) is 9.99. The van der Waals surface area contributed by atoms with Crippen LogP contribution < -0.4 is 0 Å². The van der Waals surface area contributed by atoms with Gasteiger partial charge in [0.15, 0.2) is 0 Å². The number of benzene rings is 3. The lowest BCUT2D eigenvalue weighted by Gasteiger charge is -2.13. The molecule has 3 nitrogen and oxygen atoms in total. The molecule has 0 saturated carbocycles. The molecule has 0 aromatic heterocycles. The Kier molecular flexibility index (Phi) is 3.43. The molecule has 0 saturated heterocycles. The normalized spacial score (nSPS) is 11.0. The highest BCUT2D eigenvalue weighted by Crippen LogP contribution is 2.47. The summed E-state index contributed by atoms with van der Waals surface area (Å²) in [6.45, 7) is 0. The summed E-state index contributed by atoms with van der Waals surface area (Å²) in [5.41, 5.74) is 0.588. The first-order valence-corrected chi connectivity index (χ1v) is 7.28. The molecule has 5 heteroatoms. The number of hydrogen-bond acceptors (Lipinski definition) is 3. The van der Waals surface area contributed by atoms with E-state index in [1.807, 2.05) is 18.2 Å². The lowest BCUT2D eigenvalue weighted by atomic mass is 9.96. The van der Waals surface area contributed by atoms with E-state index in [1.54, 1.807) is 6.07 Å². The van der Waals surface area contributed by atoms with Crippen LogP contribution in [0.5, 0.6) is 17.2 Å². The van der Waals surface area contributed by atoms with E-state index in [9.17, 15) is 15.3 Å². The Morgan fingerprint density at radius 2 is 1.33 bits per heavy atom. The highest BCUT2D eigenvalue weighted by molar-refractivity contribution is 9.10. The maximum atomic E-state index is 10.2. The summed E-state index contributed by atoms with van der Waals surface area (Å²) in [6, 6.07) is 11.5. The lowest BCUT2D eigenvalue weighted by molar-refractivity contribution is 0.459. The largest absolute Gasteiger partial charge is 0.507 e. The van der Waals surface area contributed by atoms with E-state index in [1.165, 1.54) is 18.2 Å². The molecule has 3 N–H and O–H groups in total. The van der Waals surface area contributed by atoms with Crippen molar-refractivity contribution in [1.82, 2.24) is 0 Å². The van der Waals surface area contributed by atoms with E-state index in [4.69, 9.17) is 11.6 Å². The quantitative estimate of drug-likeness (QED) is 0.529. The van der Waals surface area contributed by atoms with Gasteiger partial charge in [0.05, 0.1) is 10.6 Å². The van der Waals surface area contributed by atoms with E-state index in [0.717, 1.165) is 9.86 Å². The van der Waals surface area contributed by atoms with Gasteiger partial charge < -0.3 is 15.3 Å². The highest BCUT2D eigenvalue weighted by Gasteiger charge is 2.19. The van der Waals surface area contributed by atoms with Crippen LogP contribution >= 0.6 is 27.5 Å². The number of phenols is 3. The standard InChI is InChI=1S/C16H10BrClO3/c17-9-3-1-8-2-4-11(19)14(10(8)7-9)15-12(20)5-6-13(21)16(15)18/h1-7,19-21H. The third-order valence-electron chi connectivity index (χ3n) is 3.31. The van der Waals surface area contributed by atoms with E-state index in [2.05, 4.69) is 15.9 Å². The van der Waals surface area contributed by atoms with E-state index < -0.39 is 0 Å². The molecular formula is C16H10BrClO3. The van der Waals surface area contributed by atoms with E-state index >= 15 is 0 Å². The molecule has 0 heterocycles. The zero-order valence-electron chi connectivity index (χ0n) is 10.6. The molecule has 0 spiro atoms. The molecule has 0 aliphatic heterocycles. The van der Waals surface area contributed by atoms with Crippen LogP contribution in [0.4, 0.5) is 0 Å². The highest BCUT2D eigenvalue weighted by atomic mass is 79.9. The number of rotatable bonds is 1. The van der Waals surface area contributed by atoms with Gasteiger partial charge in [-0.3, -0.25) is 0 Å². The third-order valence-corrected chi connectivity index (χ3v) is 4.19. The van der Waals surface area contributed by atoms with E-state index in [-0.39, 0.29) is 27.8 Å². The number of aromatic hydroxyl groups is 3. The molecule has 106 valence electrons. The van der Waals surface area contributed by atoms with E-state index in [0.29, 0.717) is 10.9 Å². The zero-order valence-corrected chi connectivity index (χ0v) is 13.0. The molecule has 21 heavy (non-hydrogen) atoms. The Labute approximate surface area is 134 Å². The van der Waals surface area contributed by atoms with Crippen LogP contribution in [0.2, 0.25) is 5.02 Å². The molecule has 0 aliphatic carbocycles. The zero-order chi connectivity index (χ0) is 15.1. The predicted molar refractivity (Wildman–Crippen MR) is 87.1 cm³/mol. The monoisotopic (exact) mass is 364 g/mol. The fourth-order valence-corrected chi connectivity index (χ4v) is 2.95. The number of halogens is 2. The van der Waals surface area contributed by atoms with Crippen LogP contribution in [0.15, 0.2) is 46.9 Å². The smallest absolute Gasteiger partial charge is 0.135 e. The van der Waals surface area contributed by atoms with Crippen LogP contribution in [-0.4, -0.2) is 15.3 Å². The second-order valence-corrected chi connectivity index (χ2v) is 5.91. The van der Waals surface area contributed by atoms with Gasteiger partial charge >= 0.3 is 0 Å². The van der Waals surface area contributed by atoms with Crippen LogP contribution in [0, 0.1) is 0 Å². The third kappa shape index (κ3) is 2.30. The minimum Gasteiger partial charge on any atom is -0.507 e.